The van der Waals surface area contributed by atoms with Gasteiger partial charge in [0, 0.05) is 24.2 Å². The molecule has 0 N–H and O–H groups in total. The summed E-state index contributed by atoms with van der Waals surface area (Å²) in [6.45, 7) is 1.41. The first-order valence-corrected chi connectivity index (χ1v) is 6.87. The van der Waals surface area contributed by atoms with Crippen molar-refractivity contribution in [3.05, 3.63) is 53.6 Å². The standard InChI is InChI=1S/C16H15ClN2O/c1-20-10-9-19-15-8-7-13(17)11-14(15)18-16(19)12-5-3-2-4-6-12/h2-8,11H,9-10H2,1H3. The second-order valence-corrected chi connectivity index (χ2v) is 5.02. The molecule has 0 fully saturated rings. The maximum atomic E-state index is 6.06. The third-order valence-electron chi connectivity index (χ3n) is 3.26. The zero-order chi connectivity index (χ0) is 13.9. The molecule has 0 spiro atoms. The molecule has 0 aliphatic heterocycles. The molecule has 0 aliphatic carbocycles. The average molecular weight is 287 g/mol. The van der Waals surface area contributed by atoms with E-state index in [1.54, 1.807) is 7.11 Å². The van der Waals surface area contributed by atoms with Gasteiger partial charge in [0.25, 0.3) is 0 Å². The van der Waals surface area contributed by atoms with Crippen LogP contribution in [-0.4, -0.2) is 23.3 Å². The van der Waals surface area contributed by atoms with E-state index >= 15 is 0 Å². The van der Waals surface area contributed by atoms with Crippen molar-refractivity contribution in [2.45, 2.75) is 6.54 Å². The summed E-state index contributed by atoms with van der Waals surface area (Å²) in [5, 5.41) is 0.702. The molecule has 3 nitrogen and oxygen atoms in total. The quantitative estimate of drug-likeness (QED) is 0.725. The van der Waals surface area contributed by atoms with Gasteiger partial charge in [-0.05, 0) is 18.2 Å². The van der Waals surface area contributed by atoms with Crippen LogP contribution in [0, 0.1) is 0 Å². The molecule has 0 saturated heterocycles. The average Bonchev–Trinajstić information content (AvgIpc) is 2.83. The molecule has 0 atom stereocenters. The van der Waals surface area contributed by atoms with Crippen molar-refractivity contribution in [3.8, 4) is 11.4 Å². The van der Waals surface area contributed by atoms with Crippen molar-refractivity contribution in [1.82, 2.24) is 9.55 Å². The smallest absolute Gasteiger partial charge is 0.141 e. The van der Waals surface area contributed by atoms with Gasteiger partial charge in [-0.15, -0.1) is 0 Å². The number of nitrogens with zero attached hydrogens (tertiary/aromatic N) is 2. The maximum Gasteiger partial charge on any atom is 0.141 e. The van der Waals surface area contributed by atoms with Crippen LogP contribution in [-0.2, 0) is 11.3 Å². The van der Waals surface area contributed by atoms with Crippen LogP contribution in [0.5, 0.6) is 0 Å². The SMILES string of the molecule is COCCn1c(-c2ccccc2)nc2cc(Cl)ccc21. The molecular formula is C16H15ClN2O. The fourth-order valence-corrected chi connectivity index (χ4v) is 2.49. The van der Waals surface area contributed by atoms with Crippen molar-refractivity contribution in [2.75, 3.05) is 13.7 Å². The number of methoxy groups -OCH3 is 1. The normalized spacial score (nSPS) is 11.1. The molecule has 1 heterocycles. The number of ether oxygens (including phenoxy) is 1. The molecule has 3 aromatic rings. The monoisotopic (exact) mass is 286 g/mol. The maximum absolute atomic E-state index is 6.06. The second-order valence-electron chi connectivity index (χ2n) is 4.58. The van der Waals surface area contributed by atoms with Gasteiger partial charge in [-0.3, -0.25) is 0 Å². The number of benzene rings is 2. The lowest BCUT2D eigenvalue weighted by molar-refractivity contribution is 0.188. The van der Waals surface area contributed by atoms with Crippen molar-refractivity contribution in [1.29, 1.82) is 0 Å². The minimum Gasteiger partial charge on any atom is -0.383 e. The summed E-state index contributed by atoms with van der Waals surface area (Å²) < 4.78 is 7.38. The van der Waals surface area contributed by atoms with Gasteiger partial charge < -0.3 is 9.30 Å². The zero-order valence-electron chi connectivity index (χ0n) is 11.2. The Labute approximate surface area is 122 Å². The Morgan fingerprint density at radius 3 is 2.70 bits per heavy atom. The topological polar surface area (TPSA) is 27.1 Å². The molecule has 2 aromatic carbocycles. The van der Waals surface area contributed by atoms with E-state index < -0.39 is 0 Å². The van der Waals surface area contributed by atoms with E-state index in [4.69, 9.17) is 21.3 Å². The Morgan fingerprint density at radius 1 is 1.15 bits per heavy atom. The van der Waals surface area contributed by atoms with Gasteiger partial charge in [-0.25, -0.2) is 4.98 Å². The molecule has 0 aliphatic rings. The number of imidazole rings is 1. The third kappa shape index (κ3) is 2.42. The molecule has 4 heteroatoms. The molecule has 20 heavy (non-hydrogen) atoms. The van der Waals surface area contributed by atoms with Crippen molar-refractivity contribution in [3.63, 3.8) is 0 Å². The van der Waals surface area contributed by atoms with Crippen LogP contribution >= 0.6 is 11.6 Å². The summed E-state index contributed by atoms with van der Waals surface area (Å²) in [7, 11) is 1.71. The molecular weight excluding hydrogens is 272 g/mol. The van der Waals surface area contributed by atoms with Crippen molar-refractivity contribution in [2.24, 2.45) is 0 Å². The first-order chi connectivity index (χ1) is 9.79. The Hall–Kier alpha value is -1.84. The lowest BCUT2D eigenvalue weighted by Gasteiger charge is -2.08. The number of halogens is 1. The van der Waals surface area contributed by atoms with Crippen LogP contribution in [0.3, 0.4) is 0 Å². The fourth-order valence-electron chi connectivity index (χ4n) is 2.32. The van der Waals surface area contributed by atoms with Crippen LogP contribution in [0.1, 0.15) is 0 Å². The van der Waals surface area contributed by atoms with Crippen molar-refractivity contribution < 1.29 is 4.74 Å². The highest BCUT2D eigenvalue weighted by Gasteiger charge is 2.12. The molecule has 1 aromatic heterocycles. The van der Waals surface area contributed by atoms with Gasteiger partial charge >= 0.3 is 0 Å². The molecule has 0 saturated carbocycles. The van der Waals surface area contributed by atoms with Crippen LogP contribution < -0.4 is 0 Å². The van der Waals surface area contributed by atoms with Crippen LogP contribution in [0.2, 0.25) is 5.02 Å². The Bertz CT molecular complexity index is 722. The first kappa shape index (κ1) is 13.2. The van der Waals surface area contributed by atoms with Crippen LogP contribution in [0.15, 0.2) is 48.5 Å². The van der Waals surface area contributed by atoms with Gasteiger partial charge in [0.2, 0.25) is 0 Å². The molecule has 0 bridgehead atoms. The highest BCUT2D eigenvalue weighted by Crippen LogP contribution is 2.26. The van der Waals surface area contributed by atoms with Gasteiger partial charge in [-0.2, -0.15) is 0 Å². The number of hydrogen-bond donors (Lipinski definition) is 0. The molecule has 0 radical (unpaired) electrons. The highest BCUT2D eigenvalue weighted by atomic mass is 35.5. The number of aromatic nitrogens is 2. The lowest BCUT2D eigenvalue weighted by Crippen LogP contribution is -2.05. The summed E-state index contributed by atoms with van der Waals surface area (Å²) >= 11 is 6.06. The summed E-state index contributed by atoms with van der Waals surface area (Å²) in [5.41, 5.74) is 3.08. The summed E-state index contributed by atoms with van der Waals surface area (Å²) in [6.07, 6.45) is 0. The predicted molar refractivity (Wildman–Crippen MR) is 82.1 cm³/mol. The summed E-state index contributed by atoms with van der Waals surface area (Å²) in [5.74, 6) is 0.944. The fraction of sp³-hybridized carbons (Fsp3) is 0.188. The van der Waals surface area contributed by atoms with E-state index in [-0.39, 0.29) is 0 Å². The number of rotatable bonds is 4. The second kappa shape index (κ2) is 5.65. The Kier molecular flexibility index (Phi) is 3.72. The first-order valence-electron chi connectivity index (χ1n) is 6.50. The van der Waals surface area contributed by atoms with Crippen LogP contribution in [0.4, 0.5) is 0 Å². The number of fused-ring (bicyclic) bond motifs is 1. The van der Waals surface area contributed by atoms with E-state index in [0.717, 1.165) is 29.0 Å². The summed E-state index contributed by atoms with van der Waals surface area (Å²) in [6, 6.07) is 16.0. The highest BCUT2D eigenvalue weighted by molar-refractivity contribution is 6.31. The largest absolute Gasteiger partial charge is 0.383 e. The third-order valence-corrected chi connectivity index (χ3v) is 3.50. The van der Waals surface area contributed by atoms with E-state index in [2.05, 4.69) is 16.7 Å². The Balaban J connectivity index is 2.19. The van der Waals surface area contributed by atoms with Crippen LogP contribution in [0.25, 0.3) is 22.4 Å². The number of hydrogen-bond acceptors (Lipinski definition) is 2. The minimum atomic E-state index is 0.647. The van der Waals surface area contributed by atoms with E-state index in [0.29, 0.717) is 11.6 Å². The predicted octanol–water partition coefficient (Wildman–Crippen LogP) is 4.00. The molecule has 0 amide bonds. The van der Waals surface area contributed by atoms with Crippen molar-refractivity contribution >= 4 is 22.6 Å². The van der Waals surface area contributed by atoms with E-state index in [1.165, 1.54) is 0 Å². The molecule has 3 rings (SSSR count). The molecule has 0 unspecified atom stereocenters. The van der Waals surface area contributed by atoms with E-state index in [1.807, 2.05) is 36.4 Å². The van der Waals surface area contributed by atoms with Gasteiger partial charge in [0.05, 0.1) is 17.6 Å². The lowest BCUT2D eigenvalue weighted by atomic mass is 10.2. The Morgan fingerprint density at radius 2 is 1.95 bits per heavy atom. The molecule has 102 valence electrons. The van der Waals surface area contributed by atoms with E-state index in [9.17, 15) is 0 Å². The zero-order valence-corrected chi connectivity index (χ0v) is 12.0. The minimum absolute atomic E-state index is 0.647. The summed E-state index contributed by atoms with van der Waals surface area (Å²) in [4.78, 5) is 4.72. The van der Waals surface area contributed by atoms with Gasteiger partial charge in [0.1, 0.15) is 5.82 Å². The van der Waals surface area contributed by atoms with Gasteiger partial charge in [0.15, 0.2) is 0 Å². The van der Waals surface area contributed by atoms with Gasteiger partial charge in [-0.1, -0.05) is 41.9 Å².